The van der Waals surface area contributed by atoms with Gasteiger partial charge in [0.25, 0.3) is 5.91 Å². The lowest BCUT2D eigenvalue weighted by molar-refractivity contribution is 0.0699. The van der Waals surface area contributed by atoms with Gasteiger partial charge in [0.1, 0.15) is 11.6 Å². The number of carbonyl (C=O) groups is 1. The molecule has 4 rings (SSSR count). The van der Waals surface area contributed by atoms with E-state index in [0.29, 0.717) is 25.7 Å². The minimum atomic E-state index is -0.931. The van der Waals surface area contributed by atoms with E-state index in [1.807, 2.05) is 24.5 Å². The molecule has 1 aliphatic heterocycles. The number of aromatic nitrogens is 4. The Bertz CT molecular complexity index is 968. The standard InChI is InChI=1S/C20H19F2N5O/c21-16-10-17(22)18(25-12-16)20(28)26-7-3-15(4-8-26)19-24-6-9-27(19)13-14-2-1-5-23-11-14/h1-2,5-6,9-12,15H,3-4,7-8,13H2. The van der Waals surface area contributed by atoms with Gasteiger partial charge in [-0.15, -0.1) is 0 Å². The van der Waals surface area contributed by atoms with Crippen molar-refractivity contribution in [1.29, 1.82) is 0 Å². The van der Waals surface area contributed by atoms with Crippen LogP contribution in [0.2, 0.25) is 0 Å². The zero-order valence-electron chi connectivity index (χ0n) is 15.1. The van der Waals surface area contributed by atoms with Gasteiger partial charge in [-0.3, -0.25) is 9.78 Å². The third kappa shape index (κ3) is 3.76. The van der Waals surface area contributed by atoms with Crippen molar-refractivity contribution in [2.24, 2.45) is 0 Å². The average molecular weight is 383 g/mol. The van der Waals surface area contributed by atoms with Gasteiger partial charge in [0.2, 0.25) is 0 Å². The molecule has 0 aromatic carbocycles. The summed E-state index contributed by atoms with van der Waals surface area (Å²) in [6.07, 6.45) is 9.59. The number of amides is 1. The van der Waals surface area contributed by atoms with Crippen LogP contribution in [0.5, 0.6) is 0 Å². The number of piperidine rings is 1. The highest BCUT2D eigenvalue weighted by Gasteiger charge is 2.29. The molecule has 28 heavy (non-hydrogen) atoms. The molecule has 0 radical (unpaired) electrons. The largest absolute Gasteiger partial charge is 0.337 e. The van der Waals surface area contributed by atoms with Gasteiger partial charge in [-0.2, -0.15) is 0 Å². The zero-order valence-corrected chi connectivity index (χ0v) is 15.1. The summed E-state index contributed by atoms with van der Waals surface area (Å²) in [4.78, 5) is 26.3. The topological polar surface area (TPSA) is 63.9 Å². The van der Waals surface area contributed by atoms with Crippen LogP contribution in [-0.2, 0) is 6.54 Å². The molecule has 1 amide bonds. The van der Waals surface area contributed by atoms with Gasteiger partial charge >= 0.3 is 0 Å². The molecule has 0 saturated carbocycles. The van der Waals surface area contributed by atoms with Crippen LogP contribution in [0.25, 0.3) is 0 Å². The van der Waals surface area contributed by atoms with Crippen LogP contribution in [0.4, 0.5) is 8.78 Å². The Balaban J connectivity index is 1.42. The number of nitrogens with zero attached hydrogens (tertiary/aromatic N) is 5. The summed E-state index contributed by atoms with van der Waals surface area (Å²) in [6, 6.07) is 4.60. The number of hydrogen-bond acceptors (Lipinski definition) is 4. The Kier molecular flexibility index (Phi) is 5.10. The summed E-state index contributed by atoms with van der Waals surface area (Å²) in [5, 5.41) is 0. The Hall–Kier alpha value is -3.16. The molecule has 3 aromatic rings. The maximum atomic E-state index is 13.8. The molecule has 0 N–H and O–H groups in total. The molecule has 144 valence electrons. The number of halogens is 2. The second-order valence-electron chi connectivity index (χ2n) is 6.83. The van der Waals surface area contributed by atoms with Crippen molar-refractivity contribution in [2.45, 2.75) is 25.3 Å². The average Bonchev–Trinajstić information content (AvgIpc) is 3.16. The van der Waals surface area contributed by atoms with Gasteiger partial charge in [-0.05, 0) is 24.5 Å². The quantitative estimate of drug-likeness (QED) is 0.695. The highest BCUT2D eigenvalue weighted by Crippen LogP contribution is 2.28. The van der Waals surface area contributed by atoms with E-state index in [1.165, 1.54) is 0 Å². The summed E-state index contributed by atoms with van der Waals surface area (Å²) < 4.78 is 29.0. The first-order chi connectivity index (χ1) is 13.6. The summed E-state index contributed by atoms with van der Waals surface area (Å²) in [5.41, 5.74) is 0.755. The van der Waals surface area contributed by atoms with E-state index in [4.69, 9.17) is 0 Å². The van der Waals surface area contributed by atoms with E-state index in [-0.39, 0.29) is 11.6 Å². The lowest BCUT2D eigenvalue weighted by atomic mass is 9.95. The van der Waals surface area contributed by atoms with Crippen LogP contribution in [-0.4, -0.2) is 43.4 Å². The monoisotopic (exact) mass is 383 g/mol. The van der Waals surface area contributed by atoms with Crippen molar-refractivity contribution < 1.29 is 13.6 Å². The van der Waals surface area contributed by atoms with Crippen molar-refractivity contribution in [1.82, 2.24) is 24.4 Å². The number of likely N-dealkylation sites (tertiary alicyclic amines) is 1. The first kappa shape index (κ1) is 18.2. The number of pyridine rings is 2. The third-order valence-electron chi connectivity index (χ3n) is 4.98. The number of hydrogen-bond donors (Lipinski definition) is 0. The van der Waals surface area contributed by atoms with E-state index >= 15 is 0 Å². The van der Waals surface area contributed by atoms with Crippen LogP contribution < -0.4 is 0 Å². The van der Waals surface area contributed by atoms with Crippen LogP contribution in [0.15, 0.2) is 49.2 Å². The zero-order chi connectivity index (χ0) is 19.5. The number of carbonyl (C=O) groups excluding carboxylic acids is 1. The fourth-order valence-corrected chi connectivity index (χ4v) is 3.57. The molecule has 1 aliphatic rings. The highest BCUT2D eigenvalue weighted by atomic mass is 19.1. The molecule has 3 aromatic heterocycles. The molecule has 0 spiro atoms. The fraction of sp³-hybridized carbons (Fsp3) is 0.300. The molecular weight excluding hydrogens is 364 g/mol. The first-order valence-corrected chi connectivity index (χ1v) is 9.12. The van der Waals surface area contributed by atoms with Gasteiger partial charge in [0.05, 0.1) is 12.7 Å². The van der Waals surface area contributed by atoms with Crippen molar-refractivity contribution in [3.05, 3.63) is 77.9 Å². The van der Waals surface area contributed by atoms with E-state index in [0.717, 1.165) is 30.4 Å². The normalized spacial score (nSPS) is 15.0. The minimum Gasteiger partial charge on any atom is -0.337 e. The maximum absolute atomic E-state index is 13.8. The second-order valence-corrected chi connectivity index (χ2v) is 6.83. The summed E-state index contributed by atoms with van der Waals surface area (Å²) >= 11 is 0. The maximum Gasteiger partial charge on any atom is 0.275 e. The predicted octanol–water partition coefficient (Wildman–Crippen LogP) is 3.02. The van der Waals surface area contributed by atoms with Gasteiger partial charge in [-0.25, -0.2) is 18.7 Å². The Labute approximate surface area is 160 Å². The van der Waals surface area contributed by atoms with Crippen molar-refractivity contribution >= 4 is 5.91 Å². The van der Waals surface area contributed by atoms with E-state index in [1.54, 1.807) is 17.3 Å². The lowest BCUT2D eigenvalue weighted by Gasteiger charge is -2.31. The highest BCUT2D eigenvalue weighted by molar-refractivity contribution is 5.92. The smallest absolute Gasteiger partial charge is 0.275 e. The molecule has 0 bridgehead atoms. The van der Waals surface area contributed by atoms with Gasteiger partial charge in [0.15, 0.2) is 11.5 Å². The van der Waals surface area contributed by atoms with Gasteiger partial charge in [-0.1, -0.05) is 6.07 Å². The molecule has 4 heterocycles. The van der Waals surface area contributed by atoms with E-state index in [2.05, 4.69) is 19.5 Å². The van der Waals surface area contributed by atoms with Crippen LogP contribution in [0.1, 0.15) is 40.6 Å². The number of rotatable bonds is 4. The lowest BCUT2D eigenvalue weighted by Crippen LogP contribution is -2.39. The summed E-state index contributed by atoms with van der Waals surface area (Å²) in [6.45, 7) is 1.64. The molecule has 1 fully saturated rings. The molecule has 0 atom stereocenters. The number of imidazole rings is 1. The van der Waals surface area contributed by atoms with Crippen molar-refractivity contribution in [2.75, 3.05) is 13.1 Å². The van der Waals surface area contributed by atoms with Crippen molar-refractivity contribution in [3.8, 4) is 0 Å². The van der Waals surface area contributed by atoms with Crippen LogP contribution >= 0.6 is 0 Å². The van der Waals surface area contributed by atoms with E-state index < -0.39 is 17.5 Å². The Morgan fingerprint density at radius 3 is 2.68 bits per heavy atom. The molecule has 0 unspecified atom stereocenters. The molecule has 8 heteroatoms. The first-order valence-electron chi connectivity index (χ1n) is 9.12. The van der Waals surface area contributed by atoms with E-state index in [9.17, 15) is 13.6 Å². The molecule has 6 nitrogen and oxygen atoms in total. The predicted molar refractivity (Wildman–Crippen MR) is 97.6 cm³/mol. The summed E-state index contributed by atoms with van der Waals surface area (Å²) in [5.74, 6) is -1.05. The molecular formula is C20H19F2N5O. The van der Waals surface area contributed by atoms with Crippen molar-refractivity contribution in [3.63, 3.8) is 0 Å². The molecule has 1 saturated heterocycles. The van der Waals surface area contributed by atoms with Gasteiger partial charge < -0.3 is 9.47 Å². The van der Waals surface area contributed by atoms with Crippen LogP contribution in [0.3, 0.4) is 0 Å². The van der Waals surface area contributed by atoms with Gasteiger partial charge in [0, 0.05) is 49.9 Å². The summed E-state index contributed by atoms with van der Waals surface area (Å²) in [7, 11) is 0. The second kappa shape index (κ2) is 7.84. The molecule has 0 aliphatic carbocycles. The van der Waals surface area contributed by atoms with Crippen LogP contribution in [0, 0.1) is 11.6 Å². The Morgan fingerprint density at radius 1 is 1.14 bits per heavy atom. The SMILES string of the molecule is O=C(c1ncc(F)cc1F)N1CCC(c2nccn2Cc2cccnc2)CC1. The fourth-order valence-electron chi connectivity index (χ4n) is 3.57. The third-order valence-corrected chi connectivity index (χ3v) is 4.98. The minimum absolute atomic E-state index is 0.210. The Morgan fingerprint density at radius 2 is 1.96 bits per heavy atom.